The highest BCUT2D eigenvalue weighted by Crippen LogP contribution is 2.39. The summed E-state index contributed by atoms with van der Waals surface area (Å²) < 4.78 is 1.86. The van der Waals surface area contributed by atoms with Crippen LogP contribution in [0, 0.1) is 5.92 Å². The molecule has 0 unspecified atom stereocenters. The molecule has 0 amide bonds. The van der Waals surface area contributed by atoms with Gasteiger partial charge in [-0.15, -0.1) is 0 Å². The Hall–Kier alpha value is -2.57. The maximum Gasteiger partial charge on any atom is 0.325 e. The van der Waals surface area contributed by atoms with E-state index >= 15 is 0 Å². The summed E-state index contributed by atoms with van der Waals surface area (Å²) in [5.41, 5.74) is 2.64. The molecule has 3 aromatic rings. The molecule has 2 bridgehead atoms. The maximum absolute atomic E-state index is 12.3. The van der Waals surface area contributed by atoms with Gasteiger partial charge < -0.3 is 14.7 Å². The van der Waals surface area contributed by atoms with Gasteiger partial charge in [0.15, 0.2) is 0 Å². The van der Waals surface area contributed by atoms with Crippen LogP contribution in [-0.4, -0.2) is 38.6 Å². The van der Waals surface area contributed by atoms with E-state index in [0.29, 0.717) is 24.7 Å². The summed E-state index contributed by atoms with van der Waals surface area (Å²) in [7, 11) is 0. The number of hydrogen-bond donors (Lipinski definition) is 2. The minimum Gasteiger partial charge on any atom is -0.480 e. The van der Waals surface area contributed by atoms with E-state index in [4.69, 9.17) is 11.6 Å². The first kappa shape index (κ1) is 17.5. The number of likely N-dealkylation sites (tertiary alicyclic amines) is 1. The van der Waals surface area contributed by atoms with Crippen molar-refractivity contribution in [2.75, 3.05) is 13.1 Å². The Morgan fingerprint density at radius 2 is 2.07 bits per heavy atom. The third-order valence-electron chi connectivity index (χ3n) is 6.08. The molecule has 7 heteroatoms. The maximum atomic E-state index is 12.3. The first-order chi connectivity index (χ1) is 13.5. The second-order valence-electron chi connectivity index (χ2n) is 7.83. The van der Waals surface area contributed by atoms with Crippen molar-refractivity contribution in [2.24, 2.45) is 5.92 Å². The summed E-state index contributed by atoms with van der Waals surface area (Å²) in [4.78, 5) is 29.7. The summed E-state index contributed by atoms with van der Waals surface area (Å²) in [6.07, 6.45) is 2.78. The Labute approximate surface area is 166 Å². The van der Waals surface area contributed by atoms with Crippen molar-refractivity contribution >= 4 is 28.5 Å². The van der Waals surface area contributed by atoms with Gasteiger partial charge in [0.05, 0.1) is 0 Å². The molecule has 0 spiro atoms. The van der Waals surface area contributed by atoms with Crippen LogP contribution in [0.3, 0.4) is 0 Å². The average molecular weight is 398 g/mol. The number of carboxylic acids is 1. The first-order valence-electron chi connectivity index (χ1n) is 9.44. The number of H-pyrrole nitrogens is 1. The van der Waals surface area contributed by atoms with Gasteiger partial charge in [0.2, 0.25) is 0 Å². The van der Waals surface area contributed by atoms with Crippen molar-refractivity contribution in [3.05, 3.63) is 69.2 Å². The van der Waals surface area contributed by atoms with Crippen LogP contribution in [-0.2, 0) is 11.3 Å². The SMILES string of the molecule is O=C(O)[C@@H](c1c[nH]c2cc(Cl)ccc12)N1C[C@@H]2C[C@@H](C1)c1cccc(=O)n1C2. The topological polar surface area (TPSA) is 78.3 Å². The number of aliphatic carboxylic acids is 1. The number of carboxylic acid groups (broad SMARTS) is 1. The lowest BCUT2D eigenvalue weighted by Crippen LogP contribution is -2.49. The number of fused-ring (bicyclic) bond motifs is 5. The number of halogens is 1. The van der Waals surface area contributed by atoms with Crippen LogP contribution >= 0.6 is 11.6 Å². The van der Waals surface area contributed by atoms with E-state index in [2.05, 4.69) is 9.88 Å². The Morgan fingerprint density at radius 1 is 1.21 bits per heavy atom. The van der Waals surface area contributed by atoms with Crippen LogP contribution in [0.15, 0.2) is 47.4 Å². The number of nitrogens with one attached hydrogen (secondary N) is 1. The number of aromatic nitrogens is 2. The molecule has 0 saturated carbocycles. The molecule has 6 nitrogen and oxygen atoms in total. The number of benzene rings is 1. The molecule has 0 aliphatic carbocycles. The molecule has 28 heavy (non-hydrogen) atoms. The smallest absolute Gasteiger partial charge is 0.325 e. The zero-order chi connectivity index (χ0) is 19.4. The summed E-state index contributed by atoms with van der Waals surface area (Å²) in [6, 6.07) is 10.1. The van der Waals surface area contributed by atoms with E-state index in [-0.39, 0.29) is 17.4 Å². The van der Waals surface area contributed by atoms with Crippen LogP contribution in [0.4, 0.5) is 0 Å². The van der Waals surface area contributed by atoms with Crippen molar-refractivity contribution < 1.29 is 9.90 Å². The van der Waals surface area contributed by atoms with E-state index in [0.717, 1.165) is 28.6 Å². The van der Waals surface area contributed by atoms with Crippen LogP contribution in [0.25, 0.3) is 10.9 Å². The van der Waals surface area contributed by atoms with Gasteiger partial charge in [-0.05, 0) is 30.5 Å². The molecular formula is C21H20ClN3O3. The summed E-state index contributed by atoms with van der Waals surface area (Å²) in [6.45, 7) is 1.93. The standard InChI is InChI=1S/C21H20ClN3O3/c22-14-4-5-15-16(8-23-17(15)7-14)20(21(27)28)24-9-12-6-13(11-24)18-2-1-3-19(26)25(18)10-12/h1-5,7-8,12-13,20,23H,6,9-11H2,(H,27,28)/t12-,13-,20+/m0/s1. The number of pyridine rings is 1. The lowest BCUT2D eigenvalue weighted by atomic mass is 9.82. The summed E-state index contributed by atoms with van der Waals surface area (Å²) >= 11 is 6.07. The van der Waals surface area contributed by atoms with Gasteiger partial charge in [-0.1, -0.05) is 23.7 Å². The zero-order valence-corrected chi connectivity index (χ0v) is 15.9. The molecule has 2 N–H and O–H groups in total. The average Bonchev–Trinajstić information content (AvgIpc) is 3.05. The van der Waals surface area contributed by atoms with Crippen molar-refractivity contribution in [3.8, 4) is 0 Å². The van der Waals surface area contributed by atoms with Gasteiger partial charge in [0.1, 0.15) is 6.04 Å². The van der Waals surface area contributed by atoms with Crippen molar-refractivity contribution in [2.45, 2.75) is 24.9 Å². The van der Waals surface area contributed by atoms with Crippen LogP contribution in [0.2, 0.25) is 5.02 Å². The highest BCUT2D eigenvalue weighted by atomic mass is 35.5. The van der Waals surface area contributed by atoms with Crippen LogP contribution in [0.1, 0.15) is 29.6 Å². The number of nitrogens with zero attached hydrogens (tertiary/aromatic N) is 2. The lowest BCUT2D eigenvalue weighted by molar-refractivity contribution is -0.144. The number of carbonyl (C=O) groups is 1. The fourth-order valence-corrected chi connectivity index (χ4v) is 5.15. The molecule has 4 heterocycles. The molecule has 2 aliphatic heterocycles. The van der Waals surface area contributed by atoms with Gasteiger partial charge >= 0.3 is 5.97 Å². The van der Waals surface area contributed by atoms with Crippen molar-refractivity contribution in [1.82, 2.24) is 14.5 Å². The monoisotopic (exact) mass is 397 g/mol. The Kier molecular flexibility index (Phi) is 4.07. The first-order valence-corrected chi connectivity index (χ1v) is 9.82. The van der Waals surface area contributed by atoms with E-state index < -0.39 is 12.0 Å². The molecular weight excluding hydrogens is 378 g/mol. The molecule has 0 radical (unpaired) electrons. The highest BCUT2D eigenvalue weighted by Gasteiger charge is 2.40. The Balaban J connectivity index is 1.54. The number of hydrogen-bond acceptors (Lipinski definition) is 3. The van der Waals surface area contributed by atoms with E-state index in [1.54, 1.807) is 24.4 Å². The van der Waals surface area contributed by atoms with Crippen LogP contribution in [0.5, 0.6) is 0 Å². The van der Waals surface area contributed by atoms with Gasteiger partial charge in [0, 0.05) is 65.0 Å². The molecule has 1 aromatic carbocycles. The fraction of sp³-hybridized carbons (Fsp3) is 0.333. The zero-order valence-electron chi connectivity index (χ0n) is 15.1. The molecule has 1 saturated heterocycles. The number of rotatable bonds is 3. The van der Waals surface area contributed by atoms with Gasteiger partial charge in [-0.3, -0.25) is 14.5 Å². The van der Waals surface area contributed by atoms with Gasteiger partial charge in [-0.2, -0.15) is 0 Å². The van der Waals surface area contributed by atoms with E-state index in [9.17, 15) is 14.7 Å². The number of piperidine rings is 1. The van der Waals surface area contributed by atoms with E-state index in [1.807, 2.05) is 22.8 Å². The van der Waals surface area contributed by atoms with Crippen molar-refractivity contribution in [3.63, 3.8) is 0 Å². The minimum atomic E-state index is -0.860. The lowest BCUT2D eigenvalue weighted by Gasteiger charge is -2.44. The highest BCUT2D eigenvalue weighted by molar-refractivity contribution is 6.31. The predicted octanol–water partition coefficient (Wildman–Crippen LogP) is 3.23. The predicted molar refractivity (Wildman–Crippen MR) is 107 cm³/mol. The third kappa shape index (κ3) is 2.75. The normalized spacial score (nSPS) is 22.8. The van der Waals surface area contributed by atoms with Crippen LogP contribution < -0.4 is 5.56 Å². The Bertz CT molecular complexity index is 1140. The summed E-state index contributed by atoms with van der Waals surface area (Å²) in [5.74, 6) is -0.419. The van der Waals surface area contributed by atoms with Crippen molar-refractivity contribution in [1.29, 1.82) is 0 Å². The largest absolute Gasteiger partial charge is 0.480 e. The molecule has 144 valence electrons. The minimum absolute atomic E-state index is 0.0314. The molecule has 1 fully saturated rings. The molecule has 2 aliphatic rings. The molecule has 2 aromatic heterocycles. The third-order valence-corrected chi connectivity index (χ3v) is 6.31. The summed E-state index contributed by atoms with van der Waals surface area (Å²) in [5, 5.41) is 11.6. The fourth-order valence-electron chi connectivity index (χ4n) is 4.98. The van der Waals surface area contributed by atoms with Gasteiger partial charge in [0.25, 0.3) is 5.56 Å². The molecule has 5 rings (SSSR count). The van der Waals surface area contributed by atoms with Gasteiger partial charge in [-0.25, -0.2) is 0 Å². The Morgan fingerprint density at radius 3 is 2.89 bits per heavy atom. The second kappa shape index (κ2) is 6.50. The number of aromatic amines is 1. The molecule has 3 atom stereocenters. The second-order valence-corrected chi connectivity index (χ2v) is 8.26. The van der Waals surface area contributed by atoms with E-state index in [1.165, 1.54) is 0 Å². The quantitative estimate of drug-likeness (QED) is 0.711.